The van der Waals surface area contributed by atoms with Crippen LogP contribution in [0.5, 0.6) is 5.75 Å². The van der Waals surface area contributed by atoms with Crippen LogP contribution in [0.4, 0.5) is 5.69 Å². The number of ether oxygens (including phenoxy) is 2. The number of anilines is 1. The molecule has 7 heteroatoms. The molecule has 0 saturated heterocycles. The summed E-state index contributed by atoms with van der Waals surface area (Å²) in [6.45, 7) is 0.912. The molecule has 2 aromatic carbocycles. The van der Waals surface area contributed by atoms with Gasteiger partial charge < -0.3 is 14.8 Å². The number of hydrogen-bond donors (Lipinski definition) is 1. The molecule has 0 aromatic heterocycles. The van der Waals surface area contributed by atoms with Gasteiger partial charge in [-0.3, -0.25) is 9.59 Å². The molecule has 6 nitrogen and oxygen atoms in total. The van der Waals surface area contributed by atoms with Gasteiger partial charge in [0.25, 0.3) is 5.91 Å². The van der Waals surface area contributed by atoms with E-state index in [1.165, 1.54) is 32.2 Å². The number of carbonyl (C=O) groups is 3. The van der Waals surface area contributed by atoms with Crippen LogP contribution in [0.25, 0.3) is 0 Å². The number of esters is 1. The van der Waals surface area contributed by atoms with Crippen molar-refractivity contribution in [1.29, 1.82) is 0 Å². The van der Waals surface area contributed by atoms with Crippen LogP contribution in [-0.2, 0) is 9.53 Å². The Morgan fingerprint density at radius 2 is 1.80 bits per heavy atom. The van der Waals surface area contributed by atoms with Crippen molar-refractivity contribution in [2.45, 2.75) is 6.92 Å². The second-order valence-electron chi connectivity index (χ2n) is 5.11. The molecule has 0 bridgehead atoms. The van der Waals surface area contributed by atoms with Gasteiger partial charge in [-0.1, -0.05) is 23.7 Å². The highest BCUT2D eigenvalue weighted by atomic mass is 35.5. The smallest absolute Gasteiger partial charge is 0.338 e. The molecule has 0 saturated carbocycles. The third-order valence-electron chi connectivity index (χ3n) is 3.27. The number of methoxy groups -OCH3 is 1. The molecule has 2 aromatic rings. The van der Waals surface area contributed by atoms with Crippen molar-refractivity contribution >= 4 is 34.9 Å². The second kappa shape index (κ2) is 8.30. The Balaban J connectivity index is 1.98. The lowest BCUT2D eigenvalue weighted by Crippen LogP contribution is -2.21. The summed E-state index contributed by atoms with van der Waals surface area (Å²) in [5, 5.41) is 2.98. The molecule has 0 aliphatic rings. The summed E-state index contributed by atoms with van der Waals surface area (Å²) in [4.78, 5) is 35.3. The van der Waals surface area contributed by atoms with Crippen LogP contribution in [0.2, 0.25) is 5.02 Å². The van der Waals surface area contributed by atoms with E-state index in [0.717, 1.165) is 0 Å². The zero-order valence-corrected chi connectivity index (χ0v) is 14.4. The van der Waals surface area contributed by atoms with E-state index in [2.05, 4.69) is 5.32 Å². The Morgan fingerprint density at radius 3 is 2.48 bits per heavy atom. The van der Waals surface area contributed by atoms with Crippen LogP contribution in [-0.4, -0.2) is 31.4 Å². The normalized spacial score (nSPS) is 10.0. The zero-order chi connectivity index (χ0) is 18.4. The van der Waals surface area contributed by atoms with Crippen LogP contribution in [0.15, 0.2) is 42.5 Å². The van der Waals surface area contributed by atoms with Gasteiger partial charge in [0, 0.05) is 10.6 Å². The molecule has 0 aliphatic carbocycles. The van der Waals surface area contributed by atoms with Crippen molar-refractivity contribution < 1.29 is 23.9 Å². The fourth-order valence-corrected chi connectivity index (χ4v) is 2.22. The number of ketones is 1. The number of benzene rings is 2. The van der Waals surface area contributed by atoms with E-state index in [0.29, 0.717) is 22.0 Å². The summed E-state index contributed by atoms with van der Waals surface area (Å²) >= 11 is 5.89. The van der Waals surface area contributed by atoms with E-state index < -0.39 is 18.5 Å². The maximum absolute atomic E-state index is 12.0. The summed E-state index contributed by atoms with van der Waals surface area (Å²) in [5.74, 6) is -0.980. The number of rotatable bonds is 6. The Kier molecular flexibility index (Phi) is 6.14. The van der Waals surface area contributed by atoms with Crippen molar-refractivity contribution in [3.63, 3.8) is 0 Å². The summed E-state index contributed by atoms with van der Waals surface area (Å²) in [6.07, 6.45) is 0. The van der Waals surface area contributed by atoms with E-state index in [1.807, 2.05) is 0 Å². The molecule has 2 rings (SSSR count). The van der Waals surface area contributed by atoms with E-state index in [-0.39, 0.29) is 11.3 Å². The lowest BCUT2D eigenvalue weighted by Gasteiger charge is -2.11. The Hall–Kier alpha value is -2.86. The highest BCUT2D eigenvalue weighted by Gasteiger charge is 2.13. The largest absolute Gasteiger partial charge is 0.495 e. The van der Waals surface area contributed by atoms with Gasteiger partial charge in [-0.25, -0.2) is 4.79 Å². The maximum Gasteiger partial charge on any atom is 0.338 e. The third-order valence-corrected chi connectivity index (χ3v) is 3.51. The Morgan fingerprint density at radius 1 is 1.08 bits per heavy atom. The van der Waals surface area contributed by atoms with Crippen LogP contribution in [0.1, 0.15) is 27.6 Å². The fourth-order valence-electron chi connectivity index (χ4n) is 2.04. The standard InChI is InChI=1S/C18H16ClNO5/c1-11(21)12-4-3-5-13(8-12)18(23)25-10-17(22)20-15-9-14(19)6-7-16(15)24-2/h3-9H,10H2,1-2H3,(H,20,22). The van der Waals surface area contributed by atoms with E-state index >= 15 is 0 Å². The number of carbonyl (C=O) groups excluding carboxylic acids is 3. The molecule has 0 spiro atoms. The van der Waals surface area contributed by atoms with Crippen LogP contribution >= 0.6 is 11.6 Å². The molecule has 1 N–H and O–H groups in total. The number of Topliss-reactive ketones (excluding diaryl/α,β-unsaturated/α-hetero) is 1. The van der Waals surface area contributed by atoms with Crippen molar-refractivity contribution in [1.82, 2.24) is 0 Å². The monoisotopic (exact) mass is 361 g/mol. The summed E-state index contributed by atoms with van der Waals surface area (Å²) in [7, 11) is 1.46. The van der Waals surface area contributed by atoms with Crippen molar-refractivity contribution in [2.24, 2.45) is 0 Å². The van der Waals surface area contributed by atoms with E-state index in [1.54, 1.807) is 24.3 Å². The number of halogens is 1. The van der Waals surface area contributed by atoms with Crippen LogP contribution < -0.4 is 10.1 Å². The lowest BCUT2D eigenvalue weighted by atomic mass is 10.1. The SMILES string of the molecule is COc1ccc(Cl)cc1NC(=O)COC(=O)c1cccc(C(C)=O)c1. The molecule has 130 valence electrons. The molecule has 0 fully saturated rings. The third kappa shape index (κ3) is 5.06. The molecule has 0 unspecified atom stereocenters. The highest BCUT2D eigenvalue weighted by Crippen LogP contribution is 2.27. The van der Waals surface area contributed by atoms with Gasteiger partial charge in [-0.15, -0.1) is 0 Å². The van der Waals surface area contributed by atoms with Gasteiger partial charge in [-0.2, -0.15) is 0 Å². The van der Waals surface area contributed by atoms with Crippen LogP contribution in [0, 0.1) is 0 Å². The first kappa shape index (κ1) is 18.5. The number of amides is 1. The fraction of sp³-hybridized carbons (Fsp3) is 0.167. The van der Waals surface area contributed by atoms with Crippen molar-refractivity contribution in [3.05, 3.63) is 58.6 Å². The van der Waals surface area contributed by atoms with Gasteiger partial charge in [0.1, 0.15) is 5.75 Å². The maximum atomic E-state index is 12.0. The van der Waals surface area contributed by atoms with Gasteiger partial charge in [0.2, 0.25) is 0 Å². The molecule has 25 heavy (non-hydrogen) atoms. The van der Waals surface area contributed by atoms with E-state index in [9.17, 15) is 14.4 Å². The van der Waals surface area contributed by atoms with Gasteiger partial charge in [0.15, 0.2) is 12.4 Å². The lowest BCUT2D eigenvalue weighted by molar-refractivity contribution is -0.119. The second-order valence-corrected chi connectivity index (χ2v) is 5.54. The van der Waals surface area contributed by atoms with Crippen LogP contribution in [0.3, 0.4) is 0 Å². The quantitative estimate of drug-likeness (QED) is 0.630. The summed E-state index contributed by atoms with van der Waals surface area (Å²) < 4.78 is 10.1. The first-order chi connectivity index (χ1) is 11.9. The molecule has 0 atom stereocenters. The molecule has 0 aliphatic heterocycles. The van der Waals surface area contributed by atoms with E-state index in [4.69, 9.17) is 21.1 Å². The predicted octanol–water partition coefficient (Wildman–Crippen LogP) is 3.35. The Bertz CT molecular complexity index is 819. The first-order valence-electron chi connectivity index (χ1n) is 7.32. The number of nitrogens with one attached hydrogen (secondary N) is 1. The molecule has 0 radical (unpaired) electrons. The minimum Gasteiger partial charge on any atom is -0.495 e. The molecular weight excluding hydrogens is 346 g/mol. The van der Waals surface area contributed by atoms with Crippen molar-refractivity contribution in [2.75, 3.05) is 19.0 Å². The topological polar surface area (TPSA) is 81.7 Å². The van der Waals surface area contributed by atoms with Gasteiger partial charge in [0.05, 0.1) is 18.4 Å². The Labute approximate surface area is 149 Å². The minimum atomic E-state index is -0.698. The molecule has 0 heterocycles. The highest BCUT2D eigenvalue weighted by molar-refractivity contribution is 6.31. The predicted molar refractivity (Wildman–Crippen MR) is 93.4 cm³/mol. The summed E-state index contributed by atoms with van der Waals surface area (Å²) in [6, 6.07) is 10.8. The van der Waals surface area contributed by atoms with Gasteiger partial charge in [-0.05, 0) is 37.3 Å². The molecule has 1 amide bonds. The minimum absolute atomic E-state index is 0.166. The summed E-state index contributed by atoms with van der Waals surface area (Å²) in [5.41, 5.74) is 0.957. The zero-order valence-electron chi connectivity index (χ0n) is 13.7. The van der Waals surface area contributed by atoms with Gasteiger partial charge >= 0.3 is 5.97 Å². The average Bonchev–Trinajstić information content (AvgIpc) is 2.60. The first-order valence-corrected chi connectivity index (χ1v) is 7.70. The average molecular weight is 362 g/mol. The van der Waals surface area contributed by atoms with Crippen molar-refractivity contribution in [3.8, 4) is 5.75 Å². The molecular formula is C18H16ClNO5. The number of hydrogen-bond acceptors (Lipinski definition) is 5.